The summed E-state index contributed by atoms with van der Waals surface area (Å²) >= 11 is 0. The van der Waals surface area contributed by atoms with Crippen molar-refractivity contribution in [2.45, 2.75) is 30.7 Å². The molecule has 0 bridgehead atoms. The summed E-state index contributed by atoms with van der Waals surface area (Å²) in [7, 11) is 2.10. The van der Waals surface area contributed by atoms with Crippen LogP contribution in [0.3, 0.4) is 0 Å². The maximum Gasteiger partial charge on any atom is 0.488 e. The maximum atomic E-state index is 10.9. The van der Waals surface area contributed by atoms with Gasteiger partial charge in [0.1, 0.15) is 36.6 Å². The van der Waals surface area contributed by atoms with Crippen molar-refractivity contribution < 1.29 is 28.2 Å². The van der Waals surface area contributed by atoms with Crippen LogP contribution in [0.2, 0.25) is 0 Å². The van der Waals surface area contributed by atoms with Crippen molar-refractivity contribution in [1.29, 1.82) is 0 Å². The molecule has 2 aromatic rings. The van der Waals surface area contributed by atoms with E-state index < -0.39 is 38.5 Å². The van der Waals surface area contributed by atoms with E-state index in [9.17, 15) is 10.00 Å². The van der Waals surface area contributed by atoms with Crippen molar-refractivity contribution in [3.05, 3.63) is 30.5 Å². The second kappa shape index (κ2) is 6.03. The number of aliphatic hydroxyl groups is 1. The van der Waals surface area contributed by atoms with E-state index in [1.165, 1.54) is 12.6 Å². The number of ether oxygens (including phenoxy) is 1. The van der Waals surface area contributed by atoms with Crippen molar-refractivity contribution in [2.24, 2.45) is 0 Å². The molecule has 6 atom stereocenters. The number of aromatic nitrogens is 2. The topological polar surface area (TPSA) is 148 Å². The van der Waals surface area contributed by atoms with E-state index in [-0.39, 0.29) is 12.4 Å². The summed E-state index contributed by atoms with van der Waals surface area (Å²) in [5.74, 6) is 1.27. The lowest BCUT2D eigenvalue weighted by Gasteiger charge is -2.31. The number of furan rings is 1. The first kappa shape index (κ1) is 17.2. The third kappa shape index (κ3) is 2.68. The molecule has 0 amide bonds. The van der Waals surface area contributed by atoms with Crippen LogP contribution in [0, 0.1) is 0 Å². The highest BCUT2D eigenvalue weighted by atomic mass is 31.2. The lowest BCUT2D eigenvalue weighted by atomic mass is 10.1. The molecule has 5 N–H and O–H groups in total. The van der Waals surface area contributed by atoms with Gasteiger partial charge in [-0.1, -0.05) is 0 Å². The summed E-state index contributed by atoms with van der Waals surface area (Å²) in [5, 5.41) is 14.1. The molecule has 3 aliphatic heterocycles. The van der Waals surface area contributed by atoms with Gasteiger partial charge < -0.3 is 25.3 Å². The predicted molar refractivity (Wildman–Crippen MR) is 94.4 cm³/mol. The number of nitrogens with two attached hydrogens (primary N) is 1. The molecule has 4 unspecified atom stereocenters. The number of hydrogen-bond acceptors (Lipinski definition) is 11. The lowest BCUT2D eigenvalue weighted by Crippen LogP contribution is -2.46. The normalized spacial score (nSPS) is 37.7. The van der Waals surface area contributed by atoms with E-state index in [1.54, 1.807) is 17.0 Å². The fourth-order valence-electron chi connectivity index (χ4n) is 3.57. The van der Waals surface area contributed by atoms with Gasteiger partial charge in [0, 0.05) is 0 Å². The fraction of sp³-hybridized carbons (Fsp3) is 0.429. The molecule has 0 aliphatic carbocycles. The van der Waals surface area contributed by atoms with Gasteiger partial charge in [-0.25, -0.2) is 14.9 Å². The number of anilines is 3. The molecular weight excluding hydrogens is 376 g/mol. The first-order valence-electron chi connectivity index (χ1n) is 8.20. The molecule has 0 saturated carbocycles. The Hall–Kier alpha value is -1.95. The van der Waals surface area contributed by atoms with Gasteiger partial charge in [0.2, 0.25) is 0 Å². The monoisotopic (exact) mass is 392 g/mol. The third-order valence-electron chi connectivity index (χ3n) is 4.75. The highest BCUT2D eigenvalue weighted by Crippen LogP contribution is 2.58. The molecule has 27 heavy (non-hydrogen) atoms. The van der Waals surface area contributed by atoms with Gasteiger partial charge in [0.05, 0.1) is 6.26 Å². The largest absolute Gasteiger partial charge is 0.488 e. The minimum atomic E-state index is -3.48. The molecule has 2 aromatic heterocycles. The Balaban J connectivity index is 1.53. The molecule has 2 radical (unpaired) electrons. The number of nitrogens with one attached hydrogen (secondary N) is 1. The van der Waals surface area contributed by atoms with Crippen LogP contribution in [-0.2, 0) is 13.8 Å². The minimum Gasteiger partial charge on any atom is -0.465 e. The Morgan fingerprint density at radius 1 is 1.41 bits per heavy atom. The molecule has 0 aromatic carbocycles. The van der Waals surface area contributed by atoms with Crippen LogP contribution in [0.1, 0.15) is 11.9 Å². The van der Waals surface area contributed by atoms with Gasteiger partial charge in [-0.3, -0.25) is 4.90 Å². The summed E-state index contributed by atoms with van der Waals surface area (Å²) in [6.45, 7) is 0.00443. The van der Waals surface area contributed by atoms with Gasteiger partial charge >= 0.3 is 15.4 Å². The second-order valence-electron chi connectivity index (χ2n) is 6.41. The summed E-state index contributed by atoms with van der Waals surface area (Å²) in [5.41, 5.74) is 6.48. The molecule has 2 fully saturated rings. The van der Waals surface area contributed by atoms with E-state index >= 15 is 0 Å². The SMILES string of the molecule is [B][P+]1(O)OCC2O[C@@H](N3c4ncnc(N)c4NC3c3ccco3)[C@@H](O)C2O1. The molecule has 2 saturated heterocycles. The molecular formula is C14H16BN5O6P+. The molecule has 3 aliphatic rings. The lowest BCUT2D eigenvalue weighted by molar-refractivity contribution is -0.0451. The third-order valence-corrected chi connectivity index (χ3v) is 5.82. The number of hydrogen-bond donors (Lipinski definition) is 4. The summed E-state index contributed by atoms with van der Waals surface area (Å²) in [4.78, 5) is 19.9. The summed E-state index contributed by atoms with van der Waals surface area (Å²) < 4.78 is 22.0. The van der Waals surface area contributed by atoms with Gasteiger partial charge in [0.25, 0.3) is 0 Å². The smallest absolute Gasteiger partial charge is 0.465 e. The highest BCUT2D eigenvalue weighted by molar-refractivity contribution is 7.85. The Labute approximate surface area is 155 Å². The van der Waals surface area contributed by atoms with E-state index in [4.69, 9.17) is 31.5 Å². The fourth-order valence-corrected chi connectivity index (χ4v) is 4.60. The van der Waals surface area contributed by atoms with Gasteiger partial charge in [-0.2, -0.15) is 9.05 Å². The zero-order chi connectivity index (χ0) is 18.8. The van der Waals surface area contributed by atoms with Gasteiger partial charge in [-0.05, 0) is 12.1 Å². The number of rotatable bonds is 2. The molecule has 0 spiro atoms. The number of nitrogens with zero attached hydrogens (tertiary/aromatic N) is 3. The van der Waals surface area contributed by atoms with Crippen LogP contribution in [0.5, 0.6) is 0 Å². The van der Waals surface area contributed by atoms with E-state index in [0.29, 0.717) is 17.3 Å². The zero-order valence-corrected chi connectivity index (χ0v) is 14.8. The molecule has 5 heterocycles. The number of aliphatic hydroxyl groups excluding tert-OH is 1. The highest BCUT2D eigenvalue weighted by Gasteiger charge is 2.59. The number of fused-ring (bicyclic) bond motifs is 2. The van der Waals surface area contributed by atoms with Crippen molar-refractivity contribution in [1.82, 2.24) is 9.97 Å². The first-order chi connectivity index (χ1) is 12.9. The minimum absolute atomic E-state index is 0.00443. The second-order valence-corrected chi connectivity index (χ2v) is 8.01. The zero-order valence-electron chi connectivity index (χ0n) is 13.9. The van der Waals surface area contributed by atoms with Gasteiger partial charge in [0.15, 0.2) is 30.1 Å². The summed E-state index contributed by atoms with van der Waals surface area (Å²) in [6.07, 6.45) is -1.13. The first-order valence-corrected chi connectivity index (χ1v) is 9.85. The van der Waals surface area contributed by atoms with E-state index in [1.807, 2.05) is 0 Å². The average Bonchev–Trinajstić information content (AvgIpc) is 3.33. The molecule has 11 nitrogen and oxygen atoms in total. The Kier molecular flexibility index (Phi) is 3.83. The molecule has 13 heteroatoms. The van der Waals surface area contributed by atoms with Crippen LogP contribution < -0.4 is 16.0 Å². The average molecular weight is 392 g/mol. The van der Waals surface area contributed by atoms with Crippen LogP contribution in [0.25, 0.3) is 0 Å². The standard InChI is InChI=1S/C14H16BN5O6P/c15-27(22)24-4-7-10(26-27)9(21)14(25-7)20-12(6-2-1-3-23-6)19-8-11(16)17-5-18-13(8)20/h1-3,5,7,9-10,12,14,19,21-22H,4H2,(H2,16,17,18)/q+1/t7?,9-,10?,12?,14+,27?/m0/s1. The summed E-state index contributed by atoms with van der Waals surface area (Å²) in [6, 6.07) is 3.52. The van der Waals surface area contributed by atoms with E-state index in [2.05, 4.69) is 15.3 Å². The van der Waals surface area contributed by atoms with Crippen molar-refractivity contribution in [2.75, 3.05) is 22.6 Å². The Morgan fingerprint density at radius 3 is 3.04 bits per heavy atom. The quantitative estimate of drug-likeness (QED) is 0.402. The Morgan fingerprint density at radius 2 is 2.26 bits per heavy atom. The predicted octanol–water partition coefficient (Wildman–Crippen LogP) is -0.0779. The van der Waals surface area contributed by atoms with Gasteiger partial charge in [-0.15, -0.1) is 0 Å². The van der Waals surface area contributed by atoms with Crippen LogP contribution in [0.15, 0.2) is 29.1 Å². The van der Waals surface area contributed by atoms with Crippen LogP contribution in [-0.4, -0.2) is 58.7 Å². The van der Waals surface area contributed by atoms with Crippen LogP contribution >= 0.6 is 7.82 Å². The maximum absolute atomic E-state index is 10.9. The molecule has 140 valence electrons. The van der Waals surface area contributed by atoms with Crippen molar-refractivity contribution in [3.63, 3.8) is 0 Å². The van der Waals surface area contributed by atoms with Crippen molar-refractivity contribution in [3.8, 4) is 0 Å². The van der Waals surface area contributed by atoms with Crippen LogP contribution in [0.4, 0.5) is 17.3 Å². The number of nitrogen functional groups attached to an aromatic ring is 1. The Bertz CT molecular complexity index is 857. The van der Waals surface area contributed by atoms with Crippen molar-refractivity contribution >= 4 is 32.7 Å². The molecule has 5 rings (SSSR count). The van der Waals surface area contributed by atoms with E-state index in [0.717, 1.165) is 0 Å².